The van der Waals surface area contributed by atoms with E-state index in [1.54, 1.807) is 35.6 Å². The fourth-order valence-electron chi connectivity index (χ4n) is 7.46. The van der Waals surface area contributed by atoms with Gasteiger partial charge in [-0.3, -0.25) is 9.59 Å². The number of rotatable bonds is 9. The van der Waals surface area contributed by atoms with Crippen LogP contribution < -0.4 is 10.6 Å². The fraction of sp³-hybridized carbons (Fsp3) is 0.149. The number of benzene rings is 5. The number of amides is 2. The van der Waals surface area contributed by atoms with Gasteiger partial charge in [0.1, 0.15) is 13.2 Å². The maximum absolute atomic E-state index is 13.4. The molecule has 0 radical (unpaired) electrons. The molecule has 0 saturated carbocycles. The van der Waals surface area contributed by atoms with Crippen LogP contribution in [0.5, 0.6) is 0 Å². The molecule has 278 valence electrons. The number of aryl methyl sites for hydroxylation is 1. The van der Waals surface area contributed by atoms with E-state index in [2.05, 4.69) is 47.9 Å². The summed E-state index contributed by atoms with van der Waals surface area (Å²) in [5, 5.41) is 5.78. The van der Waals surface area contributed by atoms with Gasteiger partial charge < -0.3 is 20.1 Å². The monoisotopic (exact) mass is 758 g/mol. The van der Waals surface area contributed by atoms with Crippen molar-refractivity contribution in [2.75, 3.05) is 10.6 Å². The molecule has 5 aromatic carbocycles. The van der Waals surface area contributed by atoms with E-state index in [-0.39, 0.29) is 36.9 Å². The summed E-state index contributed by atoms with van der Waals surface area (Å²) in [6, 6.07) is 42.2. The zero-order valence-electron chi connectivity index (χ0n) is 30.6. The van der Waals surface area contributed by atoms with Crippen molar-refractivity contribution in [3.63, 3.8) is 0 Å². The summed E-state index contributed by atoms with van der Waals surface area (Å²) >= 11 is 1.79. The summed E-state index contributed by atoms with van der Waals surface area (Å²) in [5.74, 6) is -1.34. The lowest BCUT2D eigenvalue weighted by Gasteiger charge is -2.23. The number of thiophene rings is 1. The minimum absolute atomic E-state index is 0.0326. The number of fused-ring (bicyclic) bond motifs is 3. The van der Waals surface area contributed by atoms with E-state index in [0.29, 0.717) is 17.5 Å². The number of carbonyl (C=O) groups excluding carboxylic acids is 4. The van der Waals surface area contributed by atoms with Gasteiger partial charge in [0.05, 0.1) is 23.5 Å². The molecule has 1 aromatic heterocycles. The van der Waals surface area contributed by atoms with Gasteiger partial charge in [-0.1, -0.05) is 96.6 Å². The van der Waals surface area contributed by atoms with Gasteiger partial charge in [0.25, 0.3) is 0 Å². The molecule has 0 saturated heterocycles. The lowest BCUT2D eigenvalue weighted by molar-refractivity contribution is -0.117. The third-order valence-electron chi connectivity index (χ3n) is 10.1. The molecule has 3 aliphatic rings. The van der Waals surface area contributed by atoms with Crippen molar-refractivity contribution in [2.24, 2.45) is 0 Å². The Bertz CT molecular complexity index is 2490. The van der Waals surface area contributed by atoms with E-state index >= 15 is 0 Å². The third-order valence-corrected chi connectivity index (χ3v) is 11.1. The minimum Gasteiger partial charge on any atom is -0.457 e. The maximum Gasteiger partial charge on any atom is 0.338 e. The Labute approximate surface area is 328 Å². The van der Waals surface area contributed by atoms with Gasteiger partial charge in [0.15, 0.2) is 0 Å². The summed E-state index contributed by atoms with van der Waals surface area (Å²) in [6.07, 6.45) is 3.35. The first kappa shape index (κ1) is 36.4. The Hall–Kier alpha value is -6.58. The van der Waals surface area contributed by atoms with Crippen LogP contribution in [0.3, 0.4) is 0 Å². The SMILES string of the molecule is Cc1ccc(CC2=Cc3ccccc3C2C2C(=O)Nc3ccc(C(=O)OCc4ccccc4)cc32)s1.O=C1Cc2cc(C(=O)OCc3ccccc3)ccc2N1. The van der Waals surface area contributed by atoms with Crippen LogP contribution in [0.4, 0.5) is 11.4 Å². The molecular formula is C47H38N2O6S. The molecule has 2 N–H and O–H groups in total. The summed E-state index contributed by atoms with van der Waals surface area (Å²) < 4.78 is 10.8. The second-order valence-corrected chi connectivity index (χ2v) is 15.4. The molecule has 3 heterocycles. The van der Waals surface area contributed by atoms with Crippen molar-refractivity contribution < 1.29 is 28.7 Å². The van der Waals surface area contributed by atoms with Gasteiger partial charge in [0, 0.05) is 33.5 Å². The molecule has 0 bridgehead atoms. The Balaban J connectivity index is 0.000000186. The van der Waals surface area contributed by atoms with Crippen LogP contribution in [0.1, 0.15) is 75.7 Å². The molecule has 0 fully saturated rings. The molecule has 2 amide bonds. The molecule has 2 unspecified atom stereocenters. The highest BCUT2D eigenvalue weighted by Gasteiger charge is 2.42. The second-order valence-electron chi connectivity index (χ2n) is 14.0. The molecule has 0 spiro atoms. The van der Waals surface area contributed by atoms with Crippen molar-refractivity contribution in [1.29, 1.82) is 0 Å². The van der Waals surface area contributed by atoms with Crippen molar-refractivity contribution in [2.45, 2.75) is 44.8 Å². The van der Waals surface area contributed by atoms with E-state index < -0.39 is 11.9 Å². The lowest BCUT2D eigenvalue weighted by atomic mass is 9.78. The van der Waals surface area contributed by atoms with Gasteiger partial charge in [-0.05, 0) is 88.8 Å². The Kier molecular flexibility index (Phi) is 10.4. The predicted molar refractivity (Wildman–Crippen MR) is 218 cm³/mol. The van der Waals surface area contributed by atoms with Crippen molar-refractivity contribution in [3.05, 3.63) is 193 Å². The number of anilines is 2. The Morgan fingerprint density at radius 3 is 1.95 bits per heavy atom. The van der Waals surface area contributed by atoms with Crippen LogP contribution in [0.15, 0.2) is 139 Å². The molecular weight excluding hydrogens is 721 g/mol. The number of hydrogen-bond donors (Lipinski definition) is 2. The second kappa shape index (κ2) is 16.0. The number of ether oxygens (including phenoxy) is 2. The normalized spacial score (nSPS) is 16.0. The van der Waals surface area contributed by atoms with Crippen LogP contribution in [0, 0.1) is 6.92 Å². The van der Waals surface area contributed by atoms with E-state index in [4.69, 9.17) is 9.47 Å². The highest BCUT2D eigenvalue weighted by Crippen LogP contribution is 2.51. The van der Waals surface area contributed by atoms with E-state index in [0.717, 1.165) is 51.2 Å². The van der Waals surface area contributed by atoms with Crippen LogP contribution in [-0.2, 0) is 45.1 Å². The first-order chi connectivity index (χ1) is 27.3. The van der Waals surface area contributed by atoms with E-state index in [1.807, 2.05) is 84.9 Å². The number of nitrogens with one attached hydrogen (secondary N) is 2. The van der Waals surface area contributed by atoms with Crippen LogP contribution in [0.25, 0.3) is 6.08 Å². The number of carbonyl (C=O) groups is 4. The van der Waals surface area contributed by atoms with Crippen LogP contribution in [0.2, 0.25) is 0 Å². The standard InChI is InChI=1S/C31H25NO3S.C16H13NO3/c1-19-11-13-24(36-19)16-23-15-21-9-5-6-10-25(21)28(23)29-26-17-22(12-14-27(26)32-30(29)33)31(34)35-18-20-7-3-2-4-8-20;18-15-9-13-8-12(6-7-14(13)17-15)16(19)20-10-11-4-2-1-3-5-11/h2-15,17,28-29H,16,18H2,1H3,(H,32,33);1-8H,9-10H2,(H,17,18). The zero-order valence-corrected chi connectivity index (χ0v) is 31.4. The molecule has 8 nitrogen and oxygen atoms in total. The average Bonchev–Trinajstić information content (AvgIpc) is 3.99. The highest BCUT2D eigenvalue weighted by molar-refractivity contribution is 7.11. The quantitative estimate of drug-likeness (QED) is 0.142. The predicted octanol–water partition coefficient (Wildman–Crippen LogP) is 9.41. The third kappa shape index (κ3) is 7.94. The van der Waals surface area contributed by atoms with Crippen LogP contribution >= 0.6 is 11.3 Å². The van der Waals surface area contributed by atoms with Crippen molar-refractivity contribution in [1.82, 2.24) is 0 Å². The van der Waals surface area contributed by atoms with Gasteiger partial charge in [0.2, 0.25) is 11.8 Å². The largest absolute Gasteiger partial charge is 0.457 e. The van der Waals surface area contributed by atoms with E-state index in [9.17, 15) is 19.2 Å². The zero-order chi connectivity index (χ0) is 38.6. The molecule has 56 heavy (non-hydrogen) atoms. The molecule has 6 aromatic rings. The Morgan fingerprint density at radius 1 is 0.661 bits per heavy atom. The maximum atomic E-state index is 13.4. The van der Waals surface area contributed by atoms with Gasteiger partial charge in [-0.25, -0.2) is 9.59 Å². The van der Waals surface area contributed by atoms with E-state index in [1.165, 1.54) is 15.3 Å². The van der Waals surface area contributed by atoms with Gasteiger partial charge in [-0.2, -0.15) is 0 Å². The van der Waals surface area contributed by atoms with Gasteiger partial charge >= 0.3 is 11.9 Å². The van der Waals surface area contributed by atoms with Crippen molar-refractivity contribution in [3.8, 4) is 0 Å². The summed E-state index contributed by atoms with van der Waals surface area (Å²) in [7, 11) is 0. The molecule has 1 aliphatic carbocycles. The fourth-order valence-corrected chi connectivity index (χ4v) is 8.39. The smallest absolute Gasteiger partial charge is 0.338 e. The summed E-state index contributed by atoms with van der Waals surface area (Å²) in [6.45, 7) is 2.57. The highest BCUT2D eigenvalue weighted by atomic mass is 32.1. The van der Waals surface area contributed by atoms with Crippen LogP contribution in [-0.4, -0.2) is 23.8 Å². The minimum atomic E-state index is -0.405. The number of esters is 2. The molecule has 9 rings (SSSR count). The van der Waals surface area contributed by atoms with Crippen molar-refractivity contribution >= 4 is 52.5 Å². The summed E-state index contributed by atoms with van der Waals surface area (Å²) in [4.78, 5) is 52.1. The topological polar surface area (TPSA) is 111 Å². The van der Waals surface area contributed by atoms with Gasteiger partial charge in [-0.15, -0.1) is 11.3 Å². The number of hydrogen-bond acceptors (Lipinski definition) is 7. The average molecular weight is 759 g/mol. The lowest BCUT2D eigenvalue weighted by Crippen LogP contribution is -2.20. The Morgan fingerprint density at radius 2 is 1.29 bits per heavy atom. The molecule has 2 aliphatic heterocycles. The molecule has 2 atom stereocenters. The first-order valence-corrected chi connectivity index (χ1v) is 19.2. The number of allylic oxidation sites excluding steroid dienone is 1. The summed E-state index contributed by atoms with van der Waals surface area (Å²) in [5.41, 5.74) is 9.57. The first-order valence-electron chi connectivity index (χ1n) is 18.4. The molecule has 9 heteroatoms.